The van der Waals surface area contributed by atoms with Crippen LogP contribution in [-0.4, -0.2) is 22.2 Å². The lowest BCUT2D eigenvalue weighted by atomic mass is 10.1. The van der Waals surface area contributed by atoms with Gasteiger partial charge in [0, 0.05) is 6.04 Å². The fraction of sp³-hybridized carbons (Fsp3) is 0.727. The Balaban J connectivity index is 1.38. The molecule has 4 atom stereocenters. The van der Waals surface area contributed by atoms with Crippen molar-refractivity contribution >= 4 is 12.0 Å². The second-order valence-electron chi connectivity index (χ2n) is 5.40. The first-order valence-corrected chi connectivity index (χ1v) is 6.10. The van der Waals surface area contributed by atoms with Gasteiger partial charge in [-0.3, -0.25) is 5.32 Å². The first-order valence-electron chi connectivity index (χ1n) is 6.10. The van der Waals surface area contributed by atoms with Gasteiger partial charge in [0.1, 0.15) is 0 Å². The first-order chi connectivity index (χ1) is 8.22. The number of nitrogens with one attached hydrogen (secondary N) is 2. The Hall–Kier alpha value is -1.59. The quantitative estimate of drug-likeness (QED) is 0.804. The number of hydrogen-bond acceptors (Lipinski definition) is 4. The number of carbonyl (C=O) groups is 1. The van der Waals surface area contributed by atoms with E-state index in [-0.39, 0.29) is 12.0 Å². The molecular formula is C11H14N4O2. The summed E-state index contributed by atoms with van der Waals surface area (Å²) in [4.78, 5) is 15.7. The van der Waals surface area contributed by atoms with E-state index in [1.165, 1.54) is 12.8 Å². The number of nitrogens with zero attached hydrogens (tertiary/aromatic N) is 2. The maximum absolute atomic E-state index is 11.8. The van der Waals surface area contributed by atoms with Crippen molar-refractivity contribution in [1.29, 1.82) is 0 Å². The van der Waals surface area contributed by atoms with Crippen LogP contribution in [0.3, 0.4) is 0 Å². The smallest absolute Gasteiger partial charge is 0.329 e. The Bertz CT molecular complexity index is 470. The van der Waals surface area contributed by atoms with Gasteiger partial charge in [-0.15, -0.1) is 0 Å². The summed E-state index contributed by atoms with van der Waals surface area (Å²) >= 11 is 0. The summed E-state index contributed by atoms with van der Waals surface area (Å²) in [6.45, 7) is 1.72. The minimum absolute atomic E-state index is 0.165. The molecule has 1 aromatic heterocycles. The van der Waals surface area contributed by atoms with Crippen LogP contribution in [0, 0.1) is 30.6 Å². The molecule has 3 aliphatic rings. The summed E-state index contributed by atoms with van der Waals surface area (Å²) in [7, 11) is 0. The predicted octanol–water partition coefficient (Wildman–Crippen LogP) is 1.15. The van der Waals surface area contributed by atoms with Crippen LogP contribution in [0.1, 0.15) is 18.7 Å². The molecule has 6 heteroatoms. The number of carbonyl (C=O) groups excluding carboxylic acids is 1. The van der Waals surface area contributed by atoms with Crippen LogP contribution in [0.5, 0.6) is 0 Å². The van der Waals surface area contributed by atoms with Gasteiger partial charge in [-0.25, -0.2) is 4.79 Å². The van der Waals surface area contributed by atoms with E-state index in [4.69, 9.17) is 4.52 Å². The highest BCUT2D eigenvalue weighted by Gasteiger charge is 2.67. The molecule has 90 valence electrons. The standard InChI is InChI=1S/C11H14N4O2/c1-4-12-11(17-15-4)14-10(16)13-9-7-2-5(7)6-3-8(6)9/h5-9H,2-3H2,1H3,(H2,12,13,14,15,16)/t5-,6-,7-,8-/m1/s1. The molecule has 2 amide bonds. The van der Waals surface area contributed by atoms with Gasteiger partial charge < -0.3 is 9.84 Å². The molecule has 0 bridgehead atoms. The fourth-order valence-electron chi connectivity index (χ4n) is 3.45. The van der Waals surface area contributed by atoms with Gasteiger partial charge in [0.05, 0.1) is 0 Å². The van der Waals surface area contributed by atoms with Gasteiger partial charge in [-0.2, -0.15) is 4.98 Å². The molecule has 0 unspecified atom stereocenters. The van der Waals surface area contributed by atoms with E-state index < -0.39 is 0 Å². The molecule has 6 nitrogen and oxygen atoms in total. The Kier molecular flexibility index (Phi) is 1.66. The highest BCUT2D eigenvalue weighted by molar-refractivity contribution is 5.87. The largest absolute Gasteiger partial charge is 0.334 e. The molecule has 0 aromatic carbocycles. The lowest BCUT2D eigenvalue weighted by molar-refractivity contribution is 0.244. The van der Waals surface area contributed by atoms with Crippen LogP contribution in [0.25, 0.3) is 0 Å². The third-order valence-electron chi connectivity index (χ3n) is 4.30. The van der Waals surface area contributed by atoms with Crippen molar-refractivity contribution in [2.45, 2.75) is 25.8 Å². The summed E-state index contributed by atoms with van der Waals surface area (Å²) in [6.07, 6.45) is 2.59. The van der Waals surface area contributed by atoms with Crippen molar-refractivity contribution in [1.82, 2.24) is 15.5 Å². The summed E-state index contributed by atoms with van der Waals surface area (Å²) in [5.74, 6) is 3.78. The molecule has 1 heterocycles. The lowest BCUT2D eigenvalue weighted by Crippen LogP contribution is -2.40. The number of amides is 2. The SMILES string of the molecule is Cc1noc(NC(=O)NC2[C@@H]3C[C@@H]3[C@H]3C[C@@H]23)n1. The number of urea groups is 1. The van der Waals surface area contributed by atoms with Gasteiger partial charge >= 0.3 is 12.0 Å². The van der Waals surface area contributed by atoms with Gasteiger partial charge in [0.25, 0.3) is 0 Å². The van der Waals surface area contributed by atoms with Gasteiger partial charge in [-0.1, -0.05) is 5.16 Å². The van der Waals surface area contributed by atoms with Crippen molar-refractivity contribution < 1.29 is 9.32 Å². The van der Waals surface area contributed by atoms with Gasteiger partial charge in [0.2, 0.25) is 0 Å². The molecule has 2 N–H and O–H groups in total. The summed E-state index contributed by atoms with van der Waals surface area (Å²) in [5, 5.41) is 9.24. The van der Waals surface area contributed by atoms with Crippen molar-refractivity contribution in [2.24, 2.45) is 23.7 Å². The number of hydrogen-bond donors (Lipinski definition) is 2. The summed E-state index contributed by atoms with van der Waals surface area (Å²) < 4.78 is 4.84. The highest BCUT2D eigenvalue weighted by Crippen LogP contribution is 2.69. The molecule has 0 spiro atoms. The maximum atomic E-state index is 11.8. The van der Waals surface area contributed by atoms with E-state index in [9.17, 15) is 4.79 Å². The van der Waals surface area contributed by atoms with Crippen molar-refractivity contribution in [3.63, 3.8) is 0 Å². The lowest BCUT2D eigenvalue weighted by Gasteiger charge is -2.15. The molecule has 3 saturated carbocycles. The van der Waals surface area contributed by atoms with Crippen LogP contribution in [0.4, 0.5) is 10.8 Å². The molecule has 0 saturated heterocycles. The Labute approximate surface area is 98.1 Å². The monoisotopic (exact) mass is 234 g/mol. The number of aromatic nitrogens is 2. The zero-order valence-electron chi connectivity index (χ0n) is 9.51. The van der Waals surface area contributed by atoms with E-state index in [0.29, 0.717) is 11.9 Å². The fourth-order valence-corrected chi connectivity index (χ4v) is 3.45. The second-order valence-corrected chi connectivity index (χ2v) is 5.40. The average molecular weight is 234 g/mol. The van der Waals surface area contributed by atoms with Crippen LogP contribution < -0.4 is 10.6 Å². The molecule has 0 aliphatic heterocycles. The molecular weight excluding hydrogens is 220 g/mol. The van der Waals surface area contributed by atoms with Crippen LogP contribution >= 0.6 is 0 Å². The zero-order chi connectivity index (χ0) is 11.6. The minimum Gasteiger partial charge on any atom is -0.334 e. The Morgan fingerprint density at radius 3 is 2.59 bits per heavy atom. The number of rotatable bonds is 2. The normalized spacial score (nSPS) is 40.4. The number of fused-ring (bicyclic) bond motifs is 3. The Morgan fingerprint density at radius 1 is 1.29 bits per heavy atom. The van der Waals surface area contributed by atoms with E-state index in [0.717, 1.165) is 23.7 Å². The molecule has 4 rings (SSSR count). The topological polar surface area (TPSA) is 80.0 Å². The van der Waals surface area contributed by atoms with E-state index in [1.807, 2.05) is 0 Å². The predicted molar refractivity (Wildman–Crippen MR) is 58.2 cm³/mol. The highest BCUT2D eigenvalue weighted by atomic mass is 16.5. The molecule has 3 aliphatic carbocycles. The second kappa shape index (κ2) is 3.00. The number of anilines is 1. The number of aryl methyl sites for hydroxylation is 1. The van der Waals surface area contributed by atoms with Crippen molar-refractivity contribution in [2.75, 3.05) is 5.32 Å². The molecule has 3 fully saturated rings. The van der Waals surface area contributed by atoms with Crippen molar-refractivity contribution in [3.05, 3.63) is 5.82 Å². The van der Waals surface area contributed by atoms with E-state index in [2.05, 4.69) is 20.8 Å². The van der Waals surface area contributed by atoms with Crippen LogP contribution in [0.15, 0.2) is 4.52 Å². The van der Waals surface area contributed by atoms with Crippen LogP contribution in [0.2, 0.25) is 0 Å². The van der Waals surface area contributed by atoms with Gasteiger partial charge in [-0.05, 0) is 43.4 Å². The zero-order valence-corrected chi connectivity index (χ0v) is 9.51. The van der Waals surface area contributed by atoms with E-state index >= 15 is 0 Å². The summed E-state index contributed by atoms with van der Waals surface area (Å²) in [6, 6.07) is 0.309. The Morgan fingerprint density at radius 2 is 2.00 bits per heavy atom. The maximum Gasteiger partial charge on any atom is 0.329 e. The minimum atomic E-state index is -0.225. The molecule has 0 radical (unpaired) electrons. The third-order valence-corrected chi connectivity index (χ3v) is 4.30. The first kappa shape index (κ1) is 9.44. The summed E-state index contributed by atoms with van der Waals surface area (Å²) in [5.41, 5.74) is 0. The average Bonchev–Trinajstić information content (AvgIpc) is 3.15. The molecule has 17 heavy (non-hydrogen) atoms. The van der Waals surface area contributed by atoms with Crippen molar-refractivity contribution in [3.8, 4) is 0 Å². The third kappa shape index (κ3) is 1.43. The van der Waals surface area contributed by atoms with Crippen LogP contribution in [-0.2, 0) is 0 Å². The van der Waals surface area contributed by atoms with Gasteiger partial charge in [0.15, 0.2) is 5.82 Å². The van der Waals surface area contributed by atoms with E-state index in [1.54, 1.807) is 6.92 Å². The molecule has 1 aromatic rings.